The van der Waals surface area contributed by atoms with Crippen molar-refractivity contribution in [2.24, 2.45) is 10.7 Å². The average Bonchev–Trinajstić information content (AvgIpc) is 2.85. The van der Waals surface area contributed by atoms with Gasteiger partial charge >= 0.3 is 0 Å². The molecule has 1 aromatic heterocycles. The molecule has 2 rings (SSSR count). The van der Waals surface area contributed by atoms with Crippen LogP contribution in [0, 0.1) is 0 Å². The molecule has 0 radical (unpaired) electrons. The number of anilines is 1. The number of halogens is 1. The van der Waals surface area contributed by atoms with Gasteiger partial charge in [-0.3, -0.25) is 4.99 Å². The lowest BCUT2D eigenvalue weighted by Gasteiger charge is -2.09. The van der Waals surface area contributed by atoms with Crippen LogP contribution in [0.1, 0.15) is 4.88 Å². The van der Waals surface area contributed by atoms with E-state index in [2.05, 4.69) is 32.3 Å². The van der Waals surface area contributed by atoms with E-state index in [1.165, 1.54) is 4.88 Å². The second kappa shape index (κ2) is 7.31. The Kier molecular flexibility index (Phi) is 5.43. The first-order chi connectivity index (χ1) is 9.69. The molecular weight excluding hydrogens is 338 g/mol. The lowest BCUT2D eigenvalue weighted by atomic mass is 10.3. The Labute approximate surface area is 130 Å². The fourth-order valence-electron chi connectivity index (χ4n) is 1.70. The number of nitrogens with one attached hydrogen (secondary N) is 1. The molecule has 20 heavy (non-hydrogen) atoms. The molecule has 106 valence electrons. The number of para-hydroxylation sites is 2. The summed E-state index contributed by atoms with van der Waals surface area (Å²) in [5, 5.41) is 3.05. The van der Waals surface area contributed by atoms with Gasteiger partial charge in [-0.05, 0) is 40.2 Å². The summed E-state index contributed by atoms with van der Waals surface area (Å²) in [5.74, 6) is 1.14. The molecule has 0 aliphatic heterocycles. The van der Waals surface area contributed by atoms with Crippen LogP contribution in [0.3, 0.4) is 0 Å². The van der Waals surface area contributed by atoms with Gasteiger partial charge in [-0.15, -0.1) is 11.3 Å². The summed E-state index contributed by atoms with van der Waals surface area (Å²) in [4.78, 5) is 5.60. The number of aliphatic imine (C=N–C) groups is 1. The van der Waals surface area contributed by atoms with Crippen LogP contribution in [0.5, 0.6) is 5.75 Å². The summed E-state index contributed by atoms with van der Waals surface area (Å²) < 4.78 is 6.38. The lowest BCUT2D eigenvalue weighted by Crippen LogP contribution is -2.23. The molecule has 0 atom stereocenters. The van der Waals surface area contributed by atoms with Gasteiger partial charge in [0.15, 0.2) is 5.96 Å². The predicted molar refractivity (Wildman–Crippen MR) is 88.8 cm³/mol. The van der Waals surface area contributed by atoms with Gasteiger partial charge < -0.3 is 15.8 Å². The number of methoxy groups -OCH3 is 1. The quantitative estimate of drug-likeness (QED) is 0.638. The zero-order valence-corrected chi connectivity index (χ0v) is 13.5. The van der Waals surface area contributed by atoms with E-state index in [9.17, 15) is 0 Å². The minimum atomic E-state index is 0.394. The molecule has 0 saturated carbocycles. The third-order valence-corrected chi connectivity index (χ3v) is 4.32. The van der Waals surface area contributed by atoms with E-state index < -0.39 is 0 Å². The van der Waals surface area contributed by atoms with Crippen molar-refractivity contribution in [3.63, 3.8) is 0 Å². The maximum absolute atomic E-state index is 5.88. The molecule has 4 nitrogen and oxygen atoms in total. The van der Waals surface area contributed by atoms with Crippen LogP contribution < -0.4 is 15.8 Å². The number of nitrogens with zero attached hydrogens (tertiary/aromatic N) is 1. The van der Waals surface area contributed by atoms with Gasteiger partial charge in [-0.25, -0.2) is 0 Å². The highest BCUT2D eigenvalue weighted by atomic mass is 79.9. The zero-order valence-electron chi connectivity index (χ0n) is 11.1. The van der Waals surface area contributed by atoms with Gasteiger partial charge in [0.2, 0.25) is 0 Å². The number of benzene rings is 1. The van der Waals surface area contributed by atoms with Gasteiger partial charge in [-0.1, -0.05) is 12.1 Å². The largest absolute Gasteiger partial charge is 0.495 e. The van der Waals surface area contributed by atoms with Crippen molar-refractivity contribution in [1.29, 1.82) is 0 Å². The number of ether oxygens (including phenoxy) is 1. The molecule has 1 heterocycles. The standard InChI is InChI=1S/C14H16BrN3OS/c1-19-12-5-3-2-4-11(12)18-14(16)17-9-8-10-6-7-13(15)20-10/h2-7H,8-9H2,1H3,(H3,16,17,18). The van der Waals surface area contributed by atoms with Gasteiger partial charge in [-0.2, -0.15) is 0 Å². The van der Waals surface area contributed by atoms with Crippen molar-refractivity contribution in [3.05, 3.63) is 45.1 Å². The summed E-state index contributed by atoms with van der Waals surface area (Å²) in [6, 6.07) is 11.7. The van der Waals surface area contributed by atoms with E-state index in [0.29, 0.717) is 12.5 Å². The fraction of sp³-hybridized carbons (Fsp3) is 0.214. The minimum Gasteiger partial charge on any atom is -0.495 e. The molecule has 6 heteroatoms. The SMILES string of the molecule is COc1ccccc1NC(N)=NCCc1ccc(Br)s1. The number of guanidine groups is 1. The zero-order chi connectivity index (χ0) is 14.4. The number of hydrogen-bond acceptors (Lipinski definition) is 3. The molecule has 2 aromatic rings. The maximum Gasteiger partial charge on any atom is 0.193 e. The first kappa shape index (κ1) is 14.9. The third kappa shape index (κ3) is 4.25. The van der Waals surface area contributed by atoms with E-state index in [1.807, 2.05) is 30.3 Å². The maximum atomic E-state index is 5.88. The molecule has 3 N–H and O–H groups in total. The van der Waals surface area contributed by atoms with Crippen LogP contribution in [-0.2, 0) is 6.42 Å². The molecular formula is C14H16BrN3OS. The van der Waals surface area contributed by atoms with Crippen molar-refractivity contribution in [2.75, 3.05) is 19.0 Å². The molecule has 0 unspecified atom stereocenters. The second-order valence-electron chi connectivity index (χ2n) is 4.05. The number of thiophene rings is 1. The van der Waals surface area contributed by atoms with Crippen LogP contribution in [0.4, 0.5) is 5.69 Å². The third-order valence-electron chi connectivity index (χ3n) is 2.64. The normalized spacial score (nSPS) is 11.4. The van der Waals surface area contributed by atoms with E-state index in [1.54, 1.807) is 18.4 Å². The Hall–Kier alpha value is -1.53. The summed E-state index contributed by atoms with van der Waals surface area (Å²) in [6.07, 6.45) is 0.880. The highest BCUT2D eigenvalue weighted by Crippen LogP contribution is 2.23. The van der Waals surface area contributed by atoms with Crippen molar-refractivity contribution in [2.45, 2.75) is 6.42 Å². The molecule has 0 aliphatic carbocycles. The first-order valence-corrected chi connectivity index (χ1v) is 7.74. The molecule has 0 spiro atoms. The summed E-state index contributed by atoms with van der Waals surface area (Å²) in [5.41, 5.74) is 6.69. The Morgan fingerprint density at radius 3 is 2.85 bits per heavy atom. The molecule has 0 aliphatic rings. The summed E-state index contributed by atoms with van der Waals surface area (Å²) in [7, 11) is 1.63. The van der Waals surface area contributed by atoms with Gasteiger partial charge in [0.05, 0.1) is 16.6 Å². The Morgan fingerprint density at radius 2 is 2.15 bits per heavy atom. The monoisotopic (exact) mass is 353 g/mol. The van der Waals surface area contributed by atoms with Crippen LogP contribution in [0.2, 0.25) is 0 Å². The topological polar surface area (TPSA) is 59.6 Å². The average molecular weight is 354 g/mol. The van der Waals surface area contributed by atoms with E-state index in [-0.39, 0.29) is 0 Å². The molecule has 0 fully saturated rings. The lowest BCUT2D eigenvalue weighted by molar-refractivity contribution is 0.417. The van der Waals surface area contributed by atoms with Crippen molar-refractivity contribution >= 4 is 38.9 Å². The first-order valence-electron chi connectivity index (χ1n) is 6.13. The molecule has 0 saturated heterocycles. The van der Waals surface area contributed by atoms with Crippen LogP contribution >= 0.6 is 27.3 Å². The van der Waals surface area contributed by atoms with Gasteiger partial charge in [0, 0.05) is 17.8 Å². The second-order valence-corrected chi connectivity index (χ2v) is 6.60. The Balaban J connectivity index is 1.90. The Morgan fingerprint density at radius 1 is 1.35 bits per heavy atom. The number of hydrogen-bond donors (Lipinski definition) is 2. The van der Waals surface area contributed by atoms with Crippen molar-refractivity contribution < 1.29 is 4.74 Å². The highest BCUT2D eigenvalue weighted by molar-refractivity contribution is 9.11. The highest BCUT2D eigenvalue weighted by Gasteiger charge is 2.02. The van der Waals surface area contributed by atoms with E-state index in [4.69, 9.17) is 10.5 Å². The van der Waals surface area contributed by atoms with Crippen molar-refractivity contribution in [1.82, 2.24) is 0 Å². The molecule has 0 amide bonds. The van der Waals surface area contributed by atoms with E-state index in [0.717, 1.165) is 21.6 Å². The summed E-state index contributed by atoms with van der Waals surface area (Å²) in [6.45, 7) is 0.654. The fourth-order valence-corrected chi connectivity index (χ4v) is 3.17. The van der Waals surface area contributed by atoms with Crippen LogP contribution in [0.15, 0.2) is 45.2 Å². The number of nitrogens with two attached hydrogens (primary N) is 1. The smallest absolute Gasteiger partial charge is 0.193 e. The Bertz CT molecular complexity index is 598. The minimum absolute atomic E-state index is 0.394. The molecule has 1 aromatic carbocycles. The van der Waals surface area contributed by atoms with E-state index >= 15 is 0 Å². The molecule has 0 bridgehead atoms. The van der Waals surface area contributed by atoms with Gasteiger partial charge in [0.1, 0.15) is 5.75 Å². The summed E-state index contributed by atoms with van der Waals surface area (Å²) >= 11 is 5.16. The van der Waals surface area contributed by atoms with Crippen molar-refractivity contribution in [3.8, 4) is 5.75 Å². The van der Waals surface area contributed by atoms with Gasteiger partial charge in [0.25, 0.3) is 0 Å². The van der Waals surface area contributed by atoms with Crippen LogP contribution in [-0.4, -0.2) is 19.6 Å². The predicted octanol–water partition coefficient (Wildman–Crippen LogP) is 3.49. The number of rotatable bonds is 5. The van der Waals surface area contributed by atoms with Crippen LogP contribution in [0.25, 0.3) is 0 Å².